The van der Waals surface area contributed by atoms with Crippen molar-refractivity contribution >= 4 is 5.71 Å². The highest BCUT2D eigenvalue weighted by molar-refractivity contribution is 5.87. The SMILES string of the molecule is CCC(C/C1=C/CC[C@@]2(O)CC(C)=C2OCC(C)CN1)=N/C(C)=C/C(F)=C(/C)CCCCCC(C)C. The Balaban J connectivity index is 2.02. The number of rotatable bonds is 11. The molecule has 204 valence electrons. The molecule has 36 heavy (non-hydrogen) atoms. The number of unbranched alkanes of at least 4 members (excludes halogenated alkanes) is 2. The van der Waals surface area contributed by atoms with Crippen LogP contribution in [0.5, 0.6) is 0 Å². The lowest BCUT2D eigenvalue weighted by molar-refractivity contribution is -0.0293. The molecule has 0 saturated heterocycles. The van der Waals surface area contributed by atoms with E-state index in [1.54, 1.807) is 6.08 Å². The molecule has 0 fully saturated rings. The zero-order valence-corrected chi connectivity index (χ0v) is 24.0. The van der Waals surface area contributed by atoms with Crippen LogP contribution in [0, 0.1) is 11.8 Å². The second-order valence-electron chi connectivity index (χ2n) is 11.5. The van der Waals surface area contributed by atoms with Crippen molar-refractivity contribution in [3.05, 3.63) is 46.3 Å². The quantitative estimate of drug-likeness (QED) is 0.170. The van der Waals surface area contributed by atoms with Gasteiger partial charge in [0.15, 0.2) is 0 Å². The van der Waals surface area contributed by atoms with Crippen molar-refractivity contribution in [1.82, 2.24) is 5.32 Å². The maximum Gasteiger partial charge on any atom is 0.127 e. The lowest BCUT2D eigenvalue weighted by atomic mass is 9.77. The van der Waals surface area contributed by atoms with Gasteiger partial charge in [0, 0.05) is 42.4 Å². The van der Waals surface area contributed by atoms with Gasteiger partial charge >= 0.3 is 0 Å². The zero-order chi connectivity index (χ0) is 26.7. The summed E-state index contributed by atoms with van der Waals surface area (Å²) in [6.07, 6.45) is 12.9. The number of hydrogen-bond acceptors (Lipinski definition) is 4. The molecule has 1 aliphatic heterocycles. The number of aliphatic imine (C=N–C) groups is 1. The van der Waals surface area contributed by atoms with Crippen molar-refractivity contribution in [1.29, 1.82) is 0 Å². The summed E-state index contributed by atoms with van der Waals surface area (Å²) in [6.45, 7) is 16.0. The van der Waals surface area contributed by atoms with Crippen molar-refractivity contribution in [3.63, 3.8) is 0 Å². The Morgan fingerprint density at radius 2 is 2.06 bits per heavy atom. The second-order valence-corrected chi connectivity index (χ2v) is 11.5. The van der Waals surface area contributed by atoms with E-state index in [2.05, 4.69) is 39.1 Å². The van der Waals surface area contributed by atoms with Gasteiger partial charge in [-0.3, -0.25) is 4.99 Å². The summed E-state index contributed by atoms with van der Waals surface area (Å²) in [5, 5.41) is 14.5. The molecule has 0 saturated carbocycles. The van der Waals surface area contributed by atoms with Crippen LogP contribution < -0.4 is 5.32 Å². The topological polar surface area (TPSA) is 53.9 Å². The van der Waals surface area contributed by atoms with Crippen molar-refractivity contribution < 1.29 is 14.2 Å². The zero-order valence-electron chi connectivity index (χ0n) is 24.0. The number of allylic oxidation sites excluding steroid dienone is 6. The fraction of sp³-hybridized carbons (Fsp3) is 0.710. The molecule has 0 aromatic heterocycles. The standard InChI is InChI=1S/C31H51FN2O2/c1-8-27(34-26(7)17-29(32)24(5)14-11-9-10-13-22(2)3)18-28-15-12-16-31(35)19-25(6)30(31)36-21-23(4)20-33-28/h15,17,22-23,33,35H,8-14,16,18-21H2,1-7H3/b26-17+,28-15-,29-24+,34-27?/t23?,31-/m1/s1. The van der Waals surface area contributed by atoms with Crippen molar-refractivity contribution in [3.8, 4) is 0 Å². The lowest BCUT2D eigenvalue weighted by Crippen LogP contribution is -2.41. The normalized spacial score (nSPS) is 26.2. The fourth-order valence-electron chi connectivity index (χ4n) is 4.92. The summed E-state index contributed by atoms with van der Waals surface area (Å²) in [6, 6.07) is 0. The summed E-state index contributed by atoms with van der Waals surface area (Å²) >= 11 is 0. The molecule has 2 rings (SSSR count). The number of fused-ring (bicyclic) bond motifs is 1. The predicted molar refractivity (Wildman–Crippen MR) is 151 cm³/mol. The van der Waals surface area contributed by atoms with Crippen LogP contribution >= 0.6 is 0 Å². The van der Waals surface area contributed by atoms with Crippen LogP contribution in [-0.2, 0) is 4.74 Å². The molecular formula is C31H51FN2O2. The molecule has 0 aromatic carbocycles. The number of nitrogens with one attached hydrogen (secondary N) is 1. The van der Waals surface area contributed by atoms with Crippen LogP contribution in [0.3, 0.4) is 0 Å². The molecule has 1 aliphatic carbocycles. The third-order valence-electron chi connectivity index (χ3n) is 7.22. The first-order valence-corrected chi connectivity index (χ1v) is 14.1. The molecule has 4 nitrogen and oxygen atoms in total. The number of hydrogen-bond donors (Lipinski definition) is 2. The molecule has 5 heteroatoms. The van der Waals surface area contributed by atoms with Crippen LogP contribution in [0.2, 0.25) is 0 Å². The van der Waals surface area contributed by atoms with Crippen LogP contribution in [0.25, 0.3) is 0 Å². The van der Waals surface area contributed by atoms with Crippen LogP contribution in [0.4, 0.5) is 4.39 Å². The van der Waals surface area contributed by atoms with Gasteiger partial charge in [-0.1, -0.05) is 53.0 Å². The summed E-state index contributed by atoms with van der Waals surface area (Å²) in [5.41, 5.74) is 4.00. The van der Waals surface area contributed by atoms with E-state index >= 15 is 0 Å². The lowest BCUT2D eigenvalue weighted by Gasteiger charge is -2.40. The van der Waals surface area contributed by atoms with Gasteiger partial charge in [-0.25, -0.2) is 4.39 Å². The summed E-state index contributed by atoms with van der Waals surface area (Å²) < 4.78 is 20.8. The van der Waals surface area contributed by atoms with Gasteiger partial charge in [0.05, 0.1) is 6.61 Å². The number of aliphatic hydroxyl groups is 1. The molecule has 0 radical (unpaired) electrons. The minimum absolute atomic E-state index is 0.149. The van der Waals surface area contributed by atoms with Gasteiger partial charge in [-0.2, -0.15) is 0 Å². The fourth-order valence-corrected chi connectivity index (χ4v) is 4.92. The maximum absolute atomic E-state index is 14.8. The van der Waals surface area contributed by atoms with E-state index in [1.807, 2.05) is 20.8 Å². The van der Waals surface area contributed by atoms with E-state index in [1.165, 1.54) is 12.8 Å². The van der Waals surface area contributed by atoms with Crippen LogP contribution in [0.15, 0.2) is 51.3 Å². The average molecular weight is 503 g/mol. The summed E-state index contributed by atoms with van der Waals surface area (Å²) in [7, 11) is 0. The Kier molecular flexibility index (Phi) is 12.4. The summed E-state index contributed by atoms with van der Waals surface area (Å²) in [5.74, 6) is 1.68. The van der Waals surface area contributed by atoms with Gasteiger partial charge in [-0.05, 0) is 76.0 Å². The first-order valence-electron chi connectivity index (χ1n) is 14.1. The Morgan fingerprint density at radius 3 is 2.72 bits per heavy atom. The van der Waals surface area contributed by atoms with E-state index in [-0.39, 0.29) is 5.83 Å². The number of ether oxygens (including phenoxy) is 1. The van der Waals surface area contributed by atoms with E-state index in [0.717, 1.165) is 72.9 Å². The highest BCUT2D eigenvalue weighted by Gasteiger charge is 2.43. The predicted octanol–water partition coefficient (Wildman–Crippen LogP) is 8.31. The van der Waals surface area contributed by atoms with Gasteiger partial charge in [0.25, 0.3) is 0 Å². The first-order chi connectivity index (χ1) is 17.0. The van der Waals surface area contributed by atoms with Gasteiger partial charge < -0.3 is 15.2 Å². The minimum Gasteiger partial charge on any atom is -0.495 e. The molecule has 0 spiro atoms. The highest BCUT2D eigenvalue weighted by Crippen LogP contribution is 2.42. The van der Waals surface area contributed by atoms with Crippen LogP contribution in [-0.4, -0.2) is 29.6 Å². The largest absolute Gasteiger partial charge is 0.495 e. The Bertz CT molecular complexity index is 881. The Labute approximate surface area is 219 Å². The number of nitrogens with zero attached hydrogens (tertiary/aromatic N) is 1. The first kappa shape index (κ1) is 30.3. The van der Waals surface area contributed by atoms with E-state index in [4.69, 9.17) is 9.73 Å². The molecule has 0 aromatic rings. The van der Waals surface area contributed by atoms with Crippen molar-refractivity contribution in [2.24, 2.45) is 16.8 Å². The molecule has 1 unspecified atom stereocenters. The van der Waals surface area contributed by atoms with Crippen molar-refractivity contribution in [2.75, 3.05) is 13.2 Å². The van der Waals surface area contributed by atoms with E-state index in [9.17, 15) is 9.50 Å². The Hall–Kier alpha value is -1.88. The minimum atomic E-state index is -0.826. The molecule has 0 amide bonds. The number of halogens is 1. The summed E-state index contributed by atoms with van der Waals surface area (Å²) in [4.78, 5) is 4.78. The highest BCUT2D eigenvalue weighted by atomic mass is 19.1. The smallest absolute Gasteiger partial charge is 0.127 e. The van der Waals surface area contributed by atoms with Gasteiger partial charge in [-0.15, -0.1) is 0 Å². The molecule has 2 aliphatic rings. The molecular weight excluding hydrogens is 451 g/mol. The Morgan fingerprint density at radius 1 is 1.31 bits per heavy atom. The van der Waals surface area contributed by atoms with Crippen LogP contribution in [0.1, 0.15) is 113 Å². The molecule has 2 atom stereocenters. The van der Waals surface area contributed by atoms with Gasteiger partial charge in [0.1, 0.15) is 17.2 Å². The average Bonchev–Trinajstić information content (AvgIpc) is 2.82. The van der Waals surface area contributed by atoms with E-state index in [0.29, 0.717) is 37.5 Å². The molecule has 2 N–H and O–H groups in total. The van der Waals surface area contributed by atoms with Gasteiger partial charge in [0.2, 0.25) is 0 Å². The monoisotopic (exact) mass is 502 g/mol. The molecule has 1 heterocycles. The molecule has 0 bridgehead atoms. The van der Waals surface area contributed by atoms with E-state index < -0.39 is 5.60 Å². The van der Waals surface area contributed by atoms with Crippen molar-refractivity contribution in [2.45, 2.75) is 118 Å². The second kappa shape index (κ2) is 14.8. The third kappa shape index (κ3) is 9.88. The maximum atomic E-state index is 14.8. The third-order valence-corrected chi connectivity index (χ3v) is 7.22.